The molecule has 1 unspecified atom stereocenters. The highest BCUT2D eigenvalue weighted by molar-refractivity contribution is 5.70. The quantitative estimate of drug-likeness (QED) is 0.551. The van der Waals surface area contributed by atoms with Crippen molar-refractivity contribution in [3.05, 3.63) is 46.5 Å². The van der Waals surface area contributed by atoms with Crippen LogP contribution in [0.15, 0.2) is 24.3 Å². The van der Waals surface area contributed by atoms with Gasteiger partial charge in [-0.25, -0.2) is 0 Å². The minimum atomic E-state index is -0.702. The predicted molar refractivity (Wildman–Crippen MR) is 149 cm³/mol. The maximum atomic E-state index is 12.4. The summed E-state index contributed by atoms with van der Waals surface area (Å²) in [4.78, 5) is 17.5. The number of carbonyl (C=O) groups is 1. The van der Waals surface area contributed by atoms with Gasteiger partial charge in [-0.15, -0.1) is 0 Å². The van der Waals surface area contributed by atoms with Crippen LogP contribution < -0.4 is 18.9 Å². The minimum absolute atomic E-state index is 0.0174. The fraction of sp³-hybridized carbons (Fsp3) is 0.581. The minimum Gasteiger partial charge on any atom is -0.493 e. The van der Waals surface area contributed by atoms with Gasteiger partial charge in [0.05, 0.1) is 39.9 Å². The second-order valence-electron chi connectivity index (χ2n) is 11.1. The standard InChI is InChI=1S/C31H42N2O6/c1-7-33-13-10-20-16-26(37-4)28(39-6)18-23(20)31(33)11-8-21(30(34)35)14-24(31)29-22-17-27(38-5)25(36-3)15-19(22)9-12-32(29)2/h15-18,21,24,29H,7-14H2,1-6H3,(H,34,35)/t21-,24+,29?,31+/m1/s1. The lowest BCUT2D eigenvalue weighted by Gasteiger charge is -2.59. The number of hydrogen-bond acceptors (Lipinski definition) is 7. The lowest BCUT2D eigenvalue weighted by Crippen LogP contribution is -2.60. The molecular weight excluding hydrogens is 496 g/mol. The third-order valence-corrected chi connectivity index (χ3v) is 9.60. The van der Waals surface area contributed by atoms with Gasteiger partial charge >= 0.3 is 5.97 Å². The zero-order valence-corrected chi connectivity index (χ0v) is 24.1. The SMILES string of the molecule is CCN1CCc2cc(OC)c(OC)cc2[C@]12CC[C@@H](C(=O)O)C[C@H]2C1c2cc(OC)c(OC)cc2CCN1C. The number of ether oxygens (including phenoxy) is 4. The predicted octanol–water partition coefficient (Wildman–Crippen LogP) is 4.52. The van der Waals surface area contributed by atoms with Gasteiger partial charge < -0.3 is 24.1 Å². The van der Waals surface area contributed by atoms with E-state index in [4.69, 9.17) is 18.9 Å². The number of carboxylic acid groups (broad SMARTS) is 1. The van der Waals surface area contributed by atoms with Crippen LogP contribution in [0.4, 0.5) is 0 Å². The summed E-state index contributed by atoms with van der Waals surface area (Å²) in [7, 11) is 8.88. The highest BCUT2D eigenvalue weighted by Crippen LogP contribution is 2.58. The average molecular weight is 539 g/mol. The third-order valence-electron chi connectivity index (χ3n) is 9.60. The Hall–Kier alpha value is -2.97. The lowest BCUT2D eigenvalue weighted by atomic mass is 9.58. The van der Waals surface area contributed by atoms with Crippen molar-refractivity contribution < 1.29 is 28.8 Å². The van der Waals surface area contributed by atoms with Gasteiger partial charge in [-0.05, 0) is 92.2 Å². The van der Waals surface area contributed by atoms with Crippen LogP contribution in [-0.2, 0) is 23.2 Å². The molecule has 0 radical (unpaired) electrons. The van der Waals surface area contributed by atoms with Gasteiger partial charge in [-0.2, -0.15) is 0 Å². The normalized spacial score (nSPS) is 27.0. The van der Waals surface area contributed by atoms with E-state index in [1.165, 1.54) is 22.3 Å². The molecule has 2 heterocycles. The molecule has 0 amide bonds. The number of carboxylic acids is 1. The molecule has 3 aliphatic rings. The van der Waals surface area contributed by atoms with E-state index in [1.807, 2.05) is 0 Å². The van der Waals surface area contributed by atoms with Crippen molar-refractivity contribution in [2.45, 2.75) is 50.6 Å². The summed E-state index contributed by atoms with van der Waals surface area (Å²) in [5.74, 6) is 1.85. The molecule has 0 aromatic heterocycles. The first-order valence-electron chi connectivity index (χ1n) is 14.0. The first-order chi connectivity index (χ1) is 18.8. The molecule has 2 aromatic carbocycles. The largest absolute Gasteiger partial charge is 0.493 e. The number of likely N-dealkylation sites (N-methyl/N-ethyl adjacent to an activating group) is 2. The summed E-state index contributed by atoms with van der Waals surface area (Å²) >= 11 is 0. The molecule has 0 bridgehead atoms. The fourth-order valence-corrected chi connectivity index (χ4v) is 7.76. The summed E-state index contributed by atoms with van der Waals surface area (Å²) in [5.41, 5.74) is 4.63. The van der Waals surface area contributed by atoms with E-state index in [-0.39, 0.29) is 23.4 Å². The molecule has 212 valence electrons. The Morgan fingerprint density at radius 1 is 0.923 bits per heavy atom. The van der Waals surface area contributed by atoms with E-state index < -0.39 is 5.97 Å². The number of rotatable bonds is 7. The van der Waals surface area contributed by atoms with Gasteiger partial charge in [0.25, 0.3) is 0 Å². The van der Waals surface area contributed by atoms with Crippen molar-refractivity contribution in [1.29, 1.82) is 0 Å². The Morgan fingerprint density at radius 3 is 2.13 bits per heavy atom. The number of nitrogens with zero attached hydrogens (tertiary/aromatic N) is 2. The number of fused-ring (bicyclic) bond motifs is 3. The first kappa shape index (κ1) is 27.6. The smallest absolute Gasteiger partial charge is 0.306 e. The molecule has 1 spiro atoms. The van der Waals surface area contributed by atoms with E-state index in [1.54, 1.807) is 28.4 Å². The van der Waals surface area contributed by atoms with Gasteiger partial charge in [0, 0.05) is 25.0 Å². The summed E-state index contributed by atoms with van der Waals surface area (Å²) < 4.78 is 22.9. The topological polar surface area (TPSA) is 80.7 Å². The number of benzene rings is 2. The lowest BCUT2D eigenvalue weighted by molar-refractivity contribution is -0.148. The van der Waals surface area contributed by atoms with Crippen LogP contribution in [0.5, 0.6) is 23.0 Å². The molecule has 8 nitrogen and oxygen atoms in total. The summed E-state index contributed by atoms with van der Waals surface area (Å²) in [6.45, 7) is 4.92. The number of methoxy groups -OCH3 is 4. The van der Waals surface area contributed by atoms with Gasteiger partial charge in [0.15, 0.2) is 23.0 Å². The Balaban J connectivity index is 1.75. The van der Waals surface area contributed by atoms with Crippen molar-refractivity contribution in [2.75, 3.05) is 55.1 Å². The van der Waals surface area contributed by atoms with Crippen LogP contribution in [0.25, 0.3) is 0 Å². The van der Waals surface area contributed by atoms with Crippen molar-refractivity contribution in [3.63, 3.8) is 0 Å². The van der Waals surface area contributed by atoms with Gasteiger partial charge in [0.1, 0.15) is 0 Å². The maximum absolute atomic E-state index is 12.4. The Kier molecular flexibility index (Phi) is 7.71. The summed E-state index contributed by atoms with van der Waals surface area (Å²) in [6, 6.07) is 8.56. The number of aliphatic carboxylic acids is 1. The molecule has 1 saturated carbocycles. The van der Waals surface area contributed by atoms with Crippen LogP contribution in [0.1, 0.15) is 54.5 Å². The third kappa shape index (κ3) is 4.42. The van der Waals surface area contributed by atoms with Crippen molar-refractivity contribution in [1.82, 2.24) is 9.80 Å². The van der Waals surface area contributed by atoms with E-state index >= 15 is 0 Å². The highest BCUT2D eigenvalue weighted by Gasteiger charge is 2.56. The van der Waals surface area contributed by atoms with Crippen LogP contribution in [0, 0.1) is 11.8 Å². The van der Waals surface area contributed by atoms with Crippen LogP contribution in [0.2, 0.25) is 0 Å². The van der Waals surface area contributed by atoms with Crippen molar-refractivity contribution in [2.24, 2.45) is 11.8 Å². The first-order valence-corrected chi connectivity index (χ1v) is 14.0. The fourth-order valence-electron chi connectivity index (χ4n) is 7.76. The molecule has 2 aromatic rings. The molecule has 2 aliphatic heterocycles. The van der Waals surface area contributed by atoms with Crippen molar-refractivity contribution in [3.8, 4) is 23.0 Å². The molecule has 4 atom stereocenters. The van der Waals surface area contributed by atoms with E-state index in [2.05, 4.69) is 48.0 Å². The summed E-state index contributed by atoms with van der Waals surface area (Å²) in [6.07, 6.45) is 3.85. The molecule has 39 heavy (non-hydrogen) atoms. The van der Waals surface area contributed by atoms with Gasteiger partial charge in [-0.1, -0.05) is 6.92 Å². The van der Waals surface area contributed by atoms with Gasteiger partial charge in [0.2, 0.25) is 0 Å². The molecule has 1 fully saturated rings. The van der Waals surface area contributed by atoms with Crippen LogP contribution in [-0.4, -0.2) is 76.0 Å². The molecule has 5 rings (SSSR count). The van der Waals surface area contributed by atoms with E-state index in [9.17, 15) is 9.90 Å². The highest BCUT2D eigenvalue weighted by atomic mass is 16.5. The van der Waals surface area contributed by atoms with Gasteiger partial charge in [-0.3, -0.25) is 14.6 Å². The average Bonchev–Trinajstić information content (AvgIpc) is 2.96. The second kappa shape index (κ2) is 10.9. The van der Waals surface area contributed by atoms with Crippen LogP contribution >= 0.6 is 0 Å². The Bertz CT molecular complexity index is 1230. The molecule has 8 heteroatoms. The Labute approximate surface area is 231 Å². The maximum Gasteiger partial charge on any atom is 0.306 e. The van der Waals surface area contributed by atoms with Crippen molar-refractivity contribution >= 4 is 5.97 Å². The Morgan fingerprint density at radius 2 is 1.51 bits per heavy atom. The number of hydrogen-bond donors (Lipinski definition) is 1. The molecule has 1 N–H and O–H groups in total. The monoisotopic (exact) mass is 538 g/mol. The van der Waals surface area contributed by atoms with E-state index in [0.717, 1.165) is 56.1 Å². The second-order valence-corrected chi connectivity index (χ2v) is 11.1. The zero-order valence-electron chi connectivity index (χ0n) is 24.1. The molecular formula is C31H42N2O6. The zero-order chi connectivity index (χ0) is 27.9. The summed E-state index contributed by atoms with van der Waals surface area (Å²) in [5, 5.41) is 10.2. The molecule has 1 aliphatic carbocycles. The van der Waals surface area contributed by atoms with Crippen LogP contribution in [0.3, 0.4) is 0 Å². The molecule has 0 saturated heterocycles. The van der Waals surface area contributed by atoms with E-state index in [0.29, 0.717) is 18.6 Å².